The first-order chi connectivity index (χ1) is 15.2. The first-order valence-electron chi connectivity index (χ1n) is 12.1. The summed E-state index contributed by atoms with van der Waals surface area (Å²) in [4.78, 5) is 13.6. The van der Waals surface area contributed by atoms with Crippen LogP contribution in [0.25, 0.3) is 0 Å². The highest BCUT2D eigenvalue weighted by Crippen LogP contribution is 2.43. The standard InChI is InChI=1S/C30H44O4/c1-27(2,3)20-15-19(16-21(24(20)32)28(4,5)6)26(33)34-25-22(29(7,8)9)13-18(17-31)14-23(25)30(10,11)12/h13-16,31-32H,17H2,1-12H3. The van der Waals surface area contributed by atoms with Gasteiger partial charge in [0.25, 0.3) is 0 Å². The summed E-state index contributed by atoms with van der Waals surface area (Å²) >= 11 is 0. The minimum absolute atomic E-state index is 0.0811. The van der Waals surface area contributed by atoms with Crippen molar-refractivity contribution in [2.75, 3.05) is 0 Å². The Bertz CT molecular complexity index is 995. The Kier molecular flexibility index (Phi) is 7.42. The fourth-order valence-electron chi connectivity index (χ4n) is 4.05. The van der Waals surface area contributed by atoms with Crippen LogP contribution in [0.2, 0.25) is 0 Å². The Balaban J connectivity index is 2.78. The van der Waals surface area contributed by atoms with Crippen LogP contribution in [0.4, 0.5) is 0 Å². The van der Waals surface area contributed by atoms with Crippen molar-refractivity contribution < 1.29 is 19.7 Å². The summed E-state index contributed by atoms with van der Waals surface area (Å²) in [5, 5.41) is 20.9. The molecule has 0 spiro atoms. The fourth-order valence-corrected chi connectivity index (χ4v) is 4.05. The second kappa shape index (κ2) is 9.03. The van der Waals surface area contributed by atoms with Crippen molar-refractivity contribution in [3.63, 3.8) is 0 Å². The molecule has 0 heterocycles. The SMILES string of the molecule is CC(C)(C)c1cc(C(=O)Oc2c(C(C)(C)C)cc(CO)cc2C(C)(C)C)cc(C(C)(C)C)c1O. The van der Waals surface area contributed by atoms with E-state index in [0.717, 1.165) is 27.8 Å². The zero-order valence-corrected chi connectivity index (χ0v) is 23.2. The van der Waals surface area contributed by atoms with Gasteiger partial charge < -0.3 is 14.9 Å². The molecule has 0 aromatic heterocycles. The lowest BCUT2D eigenvalue weighted by Crippen LogP contribution is -2.24. The van der Waals surface area contributed by atoms with Crippen molar-refractivity contribution in [2.24, 2.45) is 0 Å². The zero-order chi connectivity index (χ0) is 26.4. The normalized spacial score (nSPS) is 13.2. The molecule has 4 heteroatoms. The number of aliphatic hydroxyl groups excluding tert-OH is 1. The van der Waals surface area contributed by atoms with E-state index in [1.165, 1.54) is 0 Å². The lowest BCUT2D eigenvalue weighted by Gasteiger charge is -2.30. The monoisotopic (exact) mass is 468 g/mol. The number of rotatable bonds is 3. The van der Waals surface area contributed by atoms with Gasteiger partial charge in [-0.1, -0.05) is 83.1 Å². The first kappa shape index (κ1) is 27.9. The second-order valence-electron chi connectivity index (χ2n) is 13.5. The van der Waals surface area contributed by atoms with Gasteiger partial charge in [-0.25, -0.2) is 4.79 Å². The highest BCUT2D eigenvalue weighted by molar-refractivity contribution is 5.92. The van der Waals surface area contributed by atoms with Crippen LogP contribution >= 0.6 is 0 Å². The predicted octanol–water partition coefficient (Wildman–Crippen LogP) is 7.29. The highest BCUT2D eigenvalue weighted by atomic mass is 16.5. The molecule has 4 nitrogen and oxygen atoms in total. The maximum Gasteiger partial charge on any atom is 0.343 e. The molecule has 2 aromatic carbocycles. The topological polar surface area (TPSA) is 66.8 Å². The molecule has 0 fully saturated rings. The summed E-state index contributed by atoms with van der Waals surface area (Å²) in [5.41, 5.74) is 3.09. The Hall–Kier alpha value is -2.33. The number of aliphatic hydroxyl groups is 1. The molecular formula is C30H44O4. The summed E-state index contributed by atoms with van der Waals surface area (Å²) in [6, 6.07) is 7.36. The van der Waals surface area contributed by atoms with E-state index in [1.54, 1.807) is 12.1 Å². The molecule has 188 valence electrons. The van der Waals surface area contributed by atoms with E-state index in [9.17, 15) is 15.0 Å². The van der Waals surface area contributed by atoms with E-state index >= 15 is 0 Å². The van der Waals surface area contributed by atoms with Crippen LogP contribution in [0.5, 0.6) is 11.5 Å². The van der Waals surface area contributed by atoms with E-state index in [2.05, 4.69) is 41.5 Å². The van der Waals surface area contributed by atoms with Gasteiger partial charge in [-0.15, -0.1) is 0 Å². The molecule has 0 amide bonds. The maximum absolute atomic E-state index is 13.6. The number of phenolic OH excluding ortho intramolecular Hbond substituents is 1. The third kappa shape index (κ3) is 6.02. The number of hydrogen-bond acceptors (Lipinski definition) is 4. The fraction of sp³-hybridized carbons (Fsp3) is 0.567. The predicted molar refractivity (Wildman–Crippen MR) is 140 cm³/mol. The first-order valence-corrected chi connectivity index (χ1v) is 12.1. The molecule has 34 heavy (non-hydrogen) atoms. The Morgan fingerprint density at radius 2 is 1.03 bits per heavy atom. The van der Waals surface area contributed by atoms with Crippen molar-refractivity contribution in [1.29, 1.82) is 0 Å². The van der Waals surface area contributed by atoms with Crippen molar-refractivity contribution >= 4 is 5.97 Å². The number of carbonyl (C=O) groups excluding carboxylic acids is 1. The third-order valence-corrected chi connectivity index (χ3v) is 6.10. The summed E-state index contributed by atoms with van der Waals surface area (Å²) in [6.07, 6.45) is 0. The second-order valence-corrected chi connectivity index (χ2v) is 13.5. The lowest BCUT2D eigenvalue weighted by atomic mass is 9.78. The summed E-state index contributed by atoms with van der Waals surface area (Å²) in [7, 11) is 0. The van der Waals surface area contributed by atoms with Gasteiger partial charge in [-0.3, -0.25) is 0 Å². The Morgan fingerprint density at radius 1 is 0.676 bits per heavy atom. The van der Waals surface area contributed by atoms with E-state index < -0.39 is 5.97 Å². The number of esters is 1. The van der Waals surface area contributed by atoms with Crippen LogP contribution in [-0.4, -0.2) is 16.2 Å². The largest absolute Gasteiger partial charge is 0.507 e. The smallest absolute Gasteiger partial charge is 0.343 e. The number of benzene rings is 2. The van der Waals surface area contributed by atoms with Crippen molar-refractivity contribution in [3.8, 4) is 11.5 Å². The van der Waals surface area contributed by atoms with Crippen molar-refractivity contribution in [2.45, 2.75) is 111 Å². The number of aromatic hydroxyl groups is 1. The van der Waals surface area contributed by atoms with Gasteiger partial charge in [-0.2, -0.15) is 0 Å². The average molecular weight is 469 g/mol. The molecule has 0 radical (unpaired) electrons. The van der Waals surface area contributed by atoms with Crippen molar-refractivity contribution in [1.82, 2.24) is 0 Å². The number of hydrogen-bond donors (Lipinski definition) is 2. The molecule has 0 aliphatic heterocycles. The lowest BCUT2D eigenvalue weighted by molar-refractivity contribution is 0.0728. The van der Waals surface area contributed by atoms with E-state index in [1.807, 2.05) is 53.7 Å². The summed E-state index contributed by atoms with van der Waals surface area (Å²) in [6.45, 7) is 24.5. The molecule has 2 aromatic rings. The van der Waals surface area contributed by atoms with E-state index in [0.29, 0.717) is 11.3 Å². The van der Waals surface area contributed by atoms with E-state index in [-0.39, 0.29) is 34.0 Å². The third-order valence-electron chi connectivity index (χ3n) is 6.10. The van der Waals surface area contributed by atoms with Crippen LogP contribution in [0.1, 0.15) is 121 Å². The van der Waals surface area contributed by atoms with Gasteiger partial charge in [0.15, 0.2) is 0 Å². The van der Waals surface area contributed by atoms with Crippen LogP contribution in [0.3, 0.4) is 0 Å². The van der Waals surface area contributed by atoms with Gasteiger partial charge in [0.1, 0.15) is 11.5 Å². The maximum atomic E-state index is 13.6. The molecule has 0 aliphatic carbocycles. The molecule has 2 rings (SSSR count). The van der Waals surface area contributed by atoms with Crippen LogP contribution in [0.15, 0.2) is 24.3 Å². The van der Waals surface area contributed by atoms with Gasteiger partial charge in [0.05, 0.1) is 12.2 Å². The van der Waals surface area contributed by atoms with Crippen LogP contribution in [0, 0.1) is 0 Å². The molecule has 0 atom stereocenters. The van der Waals surface area contributed by atoms with Crippen LogP contribution < -0.4 is 4.74 Å². The van der Waals surface area contributed by atoms with Gasteiger partial charge >= 0.3 is 5.97 Å². The van der Waals surface area contributed by atoms with E-state index in [4.69, 9.17) is 4.74 Å². The zero-order valence-electron chi connectivity index (χ0n) is 23.2. The summed E-state index contributed by atoms with van der Waals surface area (Å²) in [5.74, 6) is 0.322. The molecule has 0 bridgehead atoms. The minimum Gasteiger partial charge on any atom is -0.507 e. The van der Waals surface area contributed by atoms with Gasteiger partial charge in [0.2, 0.25) is 0 Å². The average Bonchev–Trinajstić information content (AvgIpc) is 2.64. The molecule has 0 saturated heterocycles. The van der Waals surface area contributed by atoms with Gasteiger partial charge in [-0.05, 0) is 51.5 Å². The molecular weight excluding hydrogens is 424 g/mol. The minimum atomic E-state index is -0.455. The molecule has 0 unspecified atom stereocenters. The highest BCUT2D eigenvalue weighted by Gasteiger charge is 2.32. The Labute approximate surface area is 206 Å². The summed E-state index contributed by atoms with van der Waals surface area (Å²) < 4.78 is 6.19. The van der Waals surface area contributed by atoms with Crippen LogP contribution in [-0.2, 0) is 28.3 Å². The number of carbonyl (C=O) groups is 1. The quantitative estimate of drug-likeness (QED) is 0.366. The number of ether oxygens (including phenoxy) is 1. The molecule has 2 N–H and O–H groups in total. The number of phenols is 1. The van der Waals surface area contributed by atoms with Gasteiger partial charge in [0, 0.05) is 22.3 Å². The molecule has 0 saturated carbocycles. The Morgan fingerprint density at radius 3 is 1.32 bits per heavy atom. The van der Waals surface area contributed by atoms with Crippen molar-refractivity contribution in [3.05, 3.63) is 57.6 Å². The molecule has 0 aliphatic rings.